The molecule has 31 heavy (non-hydrogen) atoms. The topological polar surface area (TPSA) is 74.4 Å². The molecule has 1 amide bonds. The van der Waals surface area contributed by atoms with E-state index in [9.17, 15) is 4.79 Å². The number of hydrogen-bond donors (Lipinski definition) is 1. The third-order valence-corrected chi connectivity index (χ3v) is 6.99. The Kier molecular flexibility index (Phi) is 4.92. The number of carbonyl (C=O) groups excluding carboxylic acids is 1. The summed E-state index contributed by atoms with van der Waals surface area (Å²) < 4.78 is 5.60. The maximum atomic E-state index is 12.6. The molecule has 1 saturated heterocycles. The van der Waals surface area contributed by atoms with Crippen LogP contribution in [0.4, 0.5) is 9.80 Å². The molecule has 1 aliphatic heterocycles. The molecule has 1 aliphatic carbocycles. The summed E-state index contributed by atoms with van der Waals surface area (Å²) in [6, 6.07) is 8.13. The van der Waals surface area contributed by atoms with Gasteiger partial charge in [0, 0.05) is 31.6 Å². The lowest BCUT2D eigenvalue weighted by Gasteiger charge is -2.40. The van der Waals surface area contributed by atoms with Crippen LogP contribution in [0, 0.1) is 0 Å². The average Bonchev–Trinajstić information content (AvgIpc) is 3.31. The molecule has 1 N–H and O–H groups in total. The van der Waals surface area contributed by atoms with Crippen molar-refractivity contribution in [2.45, 2.75) is 58.1 Å². The van der Waals surface area contributed by atoms with Crippen LogP contribution in [0.15, 0.2) is 24.3 Å². The SMILES string of the molecule is CC1CN(c2sc(C3CC3)nc2-c2nc3ccccc3[nH]2)CCN1C(=O)OC(C)(C)C. The molecule has 1 saturated carbocycles. The first-order valence-corrected chi connectivity index (χ1v) is 11.8. The lowest BCUT2D eigenvalue weighted by atomic mass is 10.2. The van der Waals surface area contributed by atoms with E-state index in [4.69, 9.17) is 14.7 Å². The van der Waals surface area contributed by atoms with Gasteiger partial charge >= 0.3 is 6.09 Å². The summed E-state index contributed by atoms with van der Waals surface area (Å²) in [5.41, 5.74) is 2.42. The Morgan fingerprint density at radius 1 is 1.19 bits per heavy atom. The number of amides is 1. The number of aromatic amines is 1. The molecule has 7 nitrogen and oxygen atoms in total. The molecule has 8 heteroatoms. The third kappa shape index (κ3) is 4.13. The zero-order chi connectivity index (χ0) is 21.8. The first-order chi connectivity index (χ1) is 14.8. The Balaban J connectivity index is 1.42. The van der Waals surface area contributed by atoms with Crippen LogP contribution in [0.25, 0.3) is 22.6 Å². The predicted octanol–water partition coefficient (Wildman–Crippen LogP) is 5.01. The molecule has 3 heterocycles. The van der Waals surface area contributed by atoms with Crippen molar-refractivity contribution in [3.63, 3.8) is 0 Å². The van der Waals surface area contributed by atoms with E-state index in [0.29, 0.717) is 12.5 Å². The van der Waals surface area contributed by atoms with Crippen molar-refractivity contribution in [2.24, 2.45) is 0 Å². The number of thiazole rings is 1. The molecule has 0 bridgehead atoms. The Morgan fingerprint density at radius 3 is 2.65 bits per heavy atom. The molecule has 0 spiro atoms. The monoisotopic (exact) mass is 439 g/mol. The fourth-order valence-corrected chi connectivity index (χ4v) is 5.27. The number of ether oxygens (including phenoxy) is 1. The molecular weight excluding hydrogens is 410 g/mol. The van der Waals surface area contributed by atoms with E-state index in [-0.39, 0.29) is 12.1 Å². The van der Waals surface area contributed by atoms with Gasteiger partial charge in [0.15, 0.2) is 5.82 Å². The zero-order valence-corrected chi connectivity index (χ0v) is 19.3. The average molecular weight is 440 g/mol. The zero-order valence-electron chi connectivity index (χ0n) is 18.5. The molecule has 1 atom stereocenters. The minimum atomic E-state index is -0.487. The molecule has 0 radical (unpaired) electrons. The highest BCUT2D eigenvalue weighted by atomic mass is 32.1. The number of rotatable bonds is 3. The lowest BCUT2D eigenvalue weighted by molar-refractivity contribution is 0.0159. The number of carbonyl (C=O) groups is 1. The van der Waals surface area contributed by atoms with Crippen LogP contribution < -0.4 is 4.90 Å². The number of aromatic nitrogens is 3. The van der Waals surface area contributed by atoms with Crippen LogP contribution in [0.2, 0.25) is 0 Å². The van der Waals surface area contributed by atoms with Crippen molar-refractivity contribution in [2.75, 3.05) is 24.5 Å². The summed E-state index contributed by atoms with van der Waals surface area (Å²) in [6.45, 7) is 9.93. The number of para-hydroxylation sites is 2. The van der Waals surface area contributed by atoms with Crippen LogP contribution in [-0.2, 0) is 4.74 Å². The van der Waals surface area contributed by atoms with Gasteiger partial charge in [-0.05, 0) is 52.7 Å². The number of nitrogens with zero attached hydrogens (tertiary/aromatic N) is 4. The van der Waals surface area contributed by atoms with Gasteiger partial charge in [-0.1, -0.05) is 12.1 Å². The molecule has 2 fully saturated rings. The van der Waals surface area contributed by atoms with Crippen molar-refractivity contribution in [3.8, 4) is 11.5 Å². The quantitative estimate of drug-likeness (QED) is 0.621. The highest BCUT2D eigenvalue weighted by Crippen LogP contribution is 2.47. The highest BCUT2D eigenvalue weighted by molar-refractivity contribution is 7.16. The fraction of sp³-hybridized carbons (Fsp3) is 0.522. The van der Waals surface area contributed by atoms with Crippen LogP contribution in [0.5, 0.6) is 0 Å². The summed E-state index contributed by atoms with van der Waals surface area (Å²) >= 11 is 1.78. The normalized spacial score (nSPS) is 19.8. The van der Waals surface area contributed by atoms with Gasteiger partial charge < -0.3 is 19.5 Å². The van der Waals surface area contributed by atoms with Crippen molar-refractivity contribution >= 4 is 33.5 Å². The summed E-state index contributed by atoms with van der Waals surface area (Å²) in [5.74, 6) is 1.41. The maximum absolute atomic E-state index is 12.6. The molecule has 1 unspecified atom stereocenters. The minimum Gasteiger partial charge on any atom is -0.444 e. The minimum absolute atomic E-state index is 0.0543. The number of imidazole rings is 1. The van der Waals surface area contributed by atoms with Crippen molar-refractivity contribution < 1.29 is 9.53 Å². The van der Waals surface area contributed by atoms with E-state index in [0.717, 1.165) is 40.6 Å². The molecule has 3 aromatic rings. The molecule has 1 aromatic carbocycles. The number of nitrogens with one attached hydrogen (secondary N) is 1. The maximum Gasteiger partial charge on any atom is 0.410 e. The van der Waals surface area contributed by atoms with Gasteiger partial charge in [0.1, 0.15) is 16.3 Å². The number of anilines is 1. The lowest BCUT2D eigenvalue weighted by Crippen LogP contribution is -2.55. The second-order valence-corrected chi connectivity index (χ2v) is 10.6. The van der Waals surface area contributed by atoms with Gasteiger partial charge in [0.2, 0.25) is 0 Å². The summed E-state index contributed by atoms with van der Waals surface area (Å²) in [6.07, 6.45) is 2.20. The van der Waals surface area contributed by atoms with E-state index in [1.54, 1.807) is 11.3 Å². The predicted molar refractivity (Wildman–Crippen MR) is 124 cm³/mol. The number of fused-ring (bicyclic) bond motifs is 1. The van der Waals surface area contributed by atoms with E-state index in [2.05, 4.69) is 16.8 Å². The Hall–Kier alpha value is -2.61. The van der Waals surface area contributed by atoms with E-state index < -0.39 is 5.60 Å². The van der Waals surface area contributed by atoms with E-state index >= 15 is 0 Å². The van der Waals surface area contributed by atoms with Crippen molar-refractivity contribution in [1.82, 2.24) is 19.9 Å². The fourth-order valence-electron chi connectivity index (χ4n) is 4.00. The van der Waals surface area contributed by atoms with Crippen molar-refractivity contribution in [3.05, 3.63) is 29.3 Å². The Labute approximate surface area is 186 Å². The molecule has 5 rings (SSSR count). The second-order valence-electron chi connectivity index (χ2n) is 9.55. The standard InChI is InChI=1S/C23H29N5O2S/c1-14-13-27(11-12-28(14)22(29)30-23(2,3)4)21-18(26-20(31-21)15-9-10-15)19-24-16-7-5-6-8-17(16)25-19/h5-8,14-15H,9-13H2,1-4H3,(H,24,25). The van der Waals surface area contributed by atoms with Crippen molar-refractivity contribution in [1.29, 1.82) is 0 Å². The van der Waals surface area contributed by atoms with Crippen LogP contribution in [0.3, 0.4) is 0 Å². The molecule has 2 aliphatic rings. The Morgan fingerprint density at radius 2 is 1.97 bits per heavy atom. The van der Waals surface area contributed by atoms with Gasteiger partial charge in [-0.2, -0.15) is 0 Å². The largest absolute Gasteiger partial charge is 0.444 e. The van der Waals surface area contributed by atoms with Gasteiger partial charge in [-0.25, -0.2) is 14.8 Å². The molecular formula is C23H29N5O2S. The highest BCUT2D eigenvalue weighted by Gasteiger charge is 2.35. The molecule has 2 aromatic heterocycles. The summed E-state index contributed by atoms with van der Waals surface area (Å²) in [5, 5.41) is 2.35. The third-order valence-electron chi connectivity index (χ3n) is 5.71. The summed E-state index contributed by atoms with van der Waals surface area (Å²) in [7, 11) is 0. The van der Waals surface area contributed by atoms with Crippen LogP contribution >= 0.6 is 11.3 Å². The number of benzene rings is 1. The number of piperazine rings is 1. The molecule has 164 valence electrons. The van der Waals surface area contributed by atoms with Gasteiger partial charge in [0.05, 0.1) is 16.0 Å². The van der Waals surface area contributed by atoms with Gasteiger partial charge in [-0.3, -0.25) is 0 Å². The van der Waals surface area contributed by atoms with E-state index in [1.165, 1.54) is 17.8 Å². The smallest absolute Gasteiger partial charge is 0.410 e. The van der Waals surface area contributed by atoms with Crippen LogP contribution in [-0.4, -0.2) is 57.2 Å². The first kappa shape index (κ1) is 20.3. The van der Waals surface area contributed by atoms with Gasteiger partial charge in [0.25, 0.3) is 0 Å². The number of hydrogen-bond acceptors (Lipinski definition) is 6. The Bertz CT molecular complexity index is 1080. The van der Waals surface area contributed by atoms with E-state index in [1.807, 2.05) is 49.9 Å². The first-order valence-electron chi connectivity index (χ1n) is 11.0. The van der Waals surface area contributed by atoms with Crippen LogP contribution in [0.1, 0.15) is 51.5 Å². The number of H-pyrrole nitrogens is 1. The van der Waals surface area contributed by atoms with Gasteiger partial charge in [-0.15, -0.1) is 11.3 Å². The second kappa shape index (κ2) is 7.51. The summed E-state index contributed by atoms with van der Waals surface area (Å²) in [4.78, 5) is 30.1.